The molecular weight excluding hydrogens is 230 g/mol. The van der Waals surface area contributed by atoms with Crippen LogP contribution in [0.25, 0.3) is 0 Å². The molecule has 1 N–H and O–H groups in total. The number of nitrogens with one attached hydrogen (secondary N) is 1. The Morgan fingerprint density at radius 2 is 2.18 bits per heavy atom. The Morgan fingerprint density at radius 1 is 1.35 bits per heavy atom. The van der Waals surface area contributed by atoms with Crippen molar-refractivity contribution in [1.82, 2.24) is 15.2 Å². The predicted molar refractivity (Wildman–Crippen MR) is 74.4 cm³/mol. The minimum absolute atomic E-state index is 0.928. The van der Waals surface area contributed by atoms with Crippen LogP contribution < -0.4 is 5.32 Å². The Bertz CT molecular complexity index is 337. The maximum absolute atomic E-state index is 4.20. The normalized spacial score (nSPS) is 17.2. The van der Waals surface area contributed by atoms with Crippen molar-refractivity contribution >= 4 is 11.8 Å². The molecule has 0 saturated carbocycles. The van der Waals surface area contributed by atoms with E-state index in [0.29, 0.717) is 0 Å². The van der Waals surface area contributed by atoms with Crippen LogP contribution in [0.15, 0.2) is 18.5 Å². The van der Waals surface area contributed by atoms with Crippen molar-refractivity contribution in [2.24, 2.45) is 0 Å². The van der Waals surface area contributed by atoms with Gasteiger partial charge < -0.3 is 10.2 Å². The molecule has 17 heavy (non-hydrogen) atoms. The highest BCUT2D eigenvalue weighted by Gasteiger charge is 2.08. The molecule has 4 heteroatoms. The van der Waals surface area contributed by atoms with Crippen molar-refractivity contribution in [3.63, 3.8) is 0 Å². The third kappa shape index (κ3) is 4.66. The van der Waals surface area contributed by atoms with E-state index in [-0.39, 0.29) is 0 Å². The summed E-state index contributed by atoms with van der Waals surface area (Å²) >= 11 is 2.07. The first kappa shape index (κ1) is 12.9. The zero-order chi connectivity index (χ0) is 11.9. The van der Waals surface area contributed by atoms with Gasteiger partial charge in [0.25, 0.3) is 0 Å². The zero-order valence-electron chi connectivity index (χ0n) is 10.5. The summed E-state index contributed by atoms with van der Waals surface area (Å²) in [5.41, 5.74) is 2.51. The lowest BCUT2D eigenvalue weighted by atomic mass is 10.2. The first-order valence-corrected chi connectivity index (χ1v) is 7.41. The second kappa shape index (κ2) is 6.99. The van der Waals surface area contributed by atoms with Crippen LogP contribution in [0.1, 0.15) is 11.1 Å². The predicted octanol–water partition coefficient (Wildman–Crippen LogP) is 1.53. The van der Waals surface area contributed by atoms with Crippen molar-refractivity contribution < 1.29 is 0 Å². The Labute approximate surface area is 108 Å². The summed E-state index contributed by atoms with van der Waals surface area (Å²) in [6.45, 7) is 7.74. The fourth-order valence-electron chi connectivity index (χ4n) is 2.01. The smallest absolute Gasteiger partial charge is 0.0313 e. The Morgan fingerprint density at radius 3 is 2.94 bits per heavy atom. The van der Waals surface area contributed by atoms with Crippen LogP contribution in [0.4, 0.5) is 0 Å². The number of hydrogen-bond donors (Lipinski definition) is 1. The molecule has 1 saturated heterocycles. The van der Waals surface area contributed by atoms with Crippen LogP contribution in [0.2, 0.25) is 0 Å². The molecule has 1 aliphatic heterocycles. The lowest BCUT2D eigenvalue weighted by molar-refractivity contribution is 0.301. The summed E-state index contributed by atoms with van der Waals surface area (Å²) in [5.74, 6) is 2.59. The molecule has 0 unspecified atom stereocenters. The summed E-state index contributed by atoms with van der Waals surface area (Å²) in [6, 6.07) is 2.19. The maximum atomic E-state index is 4.20. The molecule has 0 aliphatic carbocycles. The monoisotopic (exact) mass is 251 g/mol. The van der Waals surface area contributed by atoms with Crippen LogP contribution in [0, 0.1) is 6.92 Å². The number of thioether (sulfide) groups is 1. The fraction of sp³-hybridized carbons (Fsp3) is 0.615. The Hall–Kier alpha value is -0.580. The van der Waals surface area contributed by atoms with Crippen LogP contribution in [0.3, 0.4) is 0 Å². The van der Waals surface area contributed by atoms with Gasteiger partial charge in [-0.2, -0.15) is 11.8 Å². The average Bonchev–Trinajstić information content (AvgIpc) is 2.36. The van der Waals surface area contributed by atoms with E-state index < -0.39 is 0 Å². The van der Waals surface area contributed by atoms with Gasteiger partial charge in [0.05, 0.1) is 0 Å². The number of aromatic nitrogens is 1. The van der Waals surface area contributed by atoms with Gasteiger partial charge in [0.1, 0.15) is 0 Å². The zero-order valence-corrected chi connectivity index (χ0v) is 11.3. The highest BCUT2D eigenvalue weighted by molar-refractivity contribution is 7.99. The van der Waals surface area contributed by atoms with Crippen molar-refractivity contribution in [3.8, 4) is 0 Å². The largest absolute Gasteiger partial charge is 0.311 e. The SMILES string of the molecule is Cc1cncc(CNCCN2CCSCC2)c1. The second-order valence-corrected chi connectivity index (χ2v) is 5.73. The first-order chi connectivity index (χ1) is 8.34. The molecule has 0 radical (unpaired) electrons. The lowest BCUT2D eigenvalue weighted by Gasteiger charge is -2.26. The van der Waals surface area contributed by atoms with Gasteiger partial charge in [-0.1, -0.05) is 6.07 Å². The van der Waals surface area contributed by atoms with Crippen LogP contribution >= 0.6 is 11.8 Å². The van der Waals surface area contributed by atoms with Crippen molar-refractivity contribution in [2.75, 3.05) is 37.7 Å². The maximum Gasteiger partial charge on any atom is 0.0313 e. The van der Waals surface area contributed by atoms with Gasteiger partial charge in [0.2, 0.25) is 0 Å². The minimum Gasteiger partial charge on any atom is -0.311 e. The fourth-order valence-corrected chi connectivity index (χ4v) is 2.99. The molecule has 1 aromatic rings. The molecule has 1 fully saturated rings. The van der Waals surface area contributed by atoms with Gasteiger partial charge in [0, 0.05) is 56.6 Å². The lowest BCUT2D eigenvalue weighted by Crippen LogP contribution is -2.37. The Kier molecular flexibility index (Phi) is 5.29. The molecule has 0 bridgehead atoms. The van der Waals surface area contributed by atoms with Crippen molar-refractivity contribution in [1.29, 1.82) is 0 Å². The molecule has 0 amide bonds. The average molecular weight is 251 g/mol. The van der Waals surface area contributed by atoms with Gasteiger partial charge in [-0.15, -0.1) is 0 Å². The summed E-state index contributed by atoms with van der Waals surface area (Å²) in [5, 5.41) is 3.49. The number of aryl methyl sites for hydroxylation is 1. The van der Waals surface area contributed by atoms with Crippen LogP contribution in [-0.2, 0) is 6.54 Å². The van der Waals surface area contributed by atoms with Crippen LogP contribution in [0.5, 0.6) is 0 Å². The molecule has 0 atom stereocenters. The molecule has 0 spiro atoms. The number of pyridine rings is 1. The van der Waals surface area contributed by atoms with Crippen LogP contribution in [-0.4, -0.2) is 47.6 Å². The van der Waals surface area contributed by atoms with E-state index in [1.54, 1.807) is 0 Å². The summed E-state index contributed by atoms with van der Waals surface area (Å²) in [7, 11) is 0. The van der Waals surface area contributed by atoms with E-state index in [2.05, 4.69) is 40.0 Å². The van der Waals surface area contributed by atoms with E-state index >= 15 is 0 Å². The van der Waals surface area contributed by atoms with E-state index in [1.807, 2.05) is 12.4 Å². The van der Waals surface area contributed by atoms with Gasteiger partial charge in [-0.25, -0.2) is 0 Å². The standard InChI is InChI=1S/C13H21N3S/c1-12-8-13(11-15-9-12)10-14-2-3-16-4-6-17-7-5-16/h8-9,11,14H,2-7,10H2,1H3. The number of nitrogens with zero attached hydrogens (tertiary/aromatic N) is 2. The van der Waals surface area contributed by atoms with E-state index in [0.717, 1.165) is 13.1 Å². The van der Waals surface area contributed by atoms with Crippen molar-refractivity contribution in [2.45, 2.75) is 13.5 Å². The highest BCUT2D eigenvalue weighted by Crippen LogP contribution is 2.08. The molecule has 3 nitrogen and oxygen atoms in total. The van der Waals surface area contributed by atoms with Gasteiger partial charge in [0.15, 0.2) is 0 Å². The molecule has 0 aromatic carbocycles. The second-order valence-electron chi connectivity index (χ2n) is 4.50. The van der Waals surface area contributed by atoms with E-state index in [9.17, 15) is 0 Å². The first-order valence-electron chi connectivity index (χ1n) is 6.26. The Balaban J connectivity index is 1.62. The number of rotatable bonds is 5. The molecule has 94 valence electrons. The molecule has 2 heterocycles. The van der Waals surface area contributed by atoms with Crippen molar-refractivity contribution in [3.05, 3.63) is 29.6 Å². The topological polar surface area (TPSA) is 28.2 Å². The minimum atomic E-state index is 0.928. The van der Waals surface area contributed by atoms with Gasteiger partial charge in [-0.05, 0) is 18.1 Å². The number of hydrogen-bond acceptors (Lipinski definition) is 4. The molecular formula is C13H21N3S. The van der Waals surface area contributed by atoms with Gasteiger partial charge >= 0.3 is 0 Å². The molecule has 1 aliphatic rings. The molecule has 1 aromatic heterocycles. The molecule has 2 rings (SSSR count). The van der Waals surface area contributed by atoms with E-state index in [4.69, 9.17) is 0 Å². The summed E-state index contributed by atoms with van der Waals surface area (Å²) < 4.78 is 0. The van der Waals surface area contributed by atoms with Gasteiger partial charge in [-0.3, -0.25) is 4.98 Å². The summed E-state index contributed by atoms with van der Waals surface area (Å²) in [4.78, 5) is 6.74. The van der Waals surface area contributed by atoms with E-state index in [1.165, 1.54) is 42.3 Å². The quantitative estimate of drug-likeness (QED) is 0.803. The highest BCUT2D eigenvalue weighted by atomic mass is 32.2. The third-order valence-corrected chi connectivity index (χ3v) is 3.91. The third-order valence-electron chi connectivity index (χ3n) is 2.97. The summed E-state index contributed by atoms with van der Waals surface area (Å²) in [6.07, 6.45) is 3.84.